The number of aromatic nitrogens is 2. The van der Waals surface area contributed by atoms with Crippen LogP contribution in [0.4, 0.5) is 23.4 Å². The van der Waals surface area contributed by atoms with Crippen molar-refractivity contribution in [1.82, 2.24) is 9.97 Å². The van der Waals surface area contributed by atoms with Crippen LogP contribution in [0, 0.1) is 0 Å². The topological polar surface area (TPSA) is 76.1 Å². The average molecular weight is 444 g/mol. The van der Waals surface area contributed by atoms with Crippen LogP contribution in [0.3, 0.4) is 0 Å². The molecular formula is C28H20N4O2. The standard InChI is InChI=1S/C28H20N4O2/c1-3-7-25-23(5-1)31-27(33-25)29-21-15-11-19(12-16-21)9-10-20-13-17-22(18-14-20)30-28-32-24-6-2-4-8-26(24)34-28/h1-18H,(H,29,31)(H,30,32)/b10-9+. The fraction of sp³-hybridized carbons (Fsp3) is 0. The first-order valence-corrected chi connectivity index (χ1v) is 10.9. The summed E-state index contributed by atoms with van der Waals surface area (Å²) >= 11 is 0. The minimum Gasteiger partial charge on any atom is -0.423 e. The molecule has 0 saturated carbocycles. The van der Waals surface area contributed by atoms with Crippen LogP contribution in [0.2, 0.25) is 0 Å². The predicted molar refractivity (Wildman–Crippen MR) is 136 cm³/mol. The van der Waals surface area contributed by atoms with E-state index in [4.69, 9.17) is 8.83 Å². The zero-order valence-electron chi connectivity index (χ0n) is 18.1. The Bertz CT molecular complexity index is 1410. The van der Waals surface area contributed by atoms with Gasteiger partial charge in [-0.05, 0) is 59.7 Å². The van der Waals surface area contributed by atoms with Crippen molar-refractivity contribution in [2.24, 2.45) is 0 Å². The molecule has 2 N–H and O–H groups in total. The number of hydrogen-bond donors (Lipinski definition) is 2. The minimum atomic E-state index is 0.482. The zero-order valence-corrected chi connectivity index (χ0v) is 18.1. The summed E-state index contributed by atoms with van der Waals surface area (Å²) in [4.78, 5) is 8.89. The van der Waals surface area contributed by atoms with E-state index in [1.165, 1.54) is 0 Å². The highest BCUT2D eigenvalue weighted by atomic mass is 16.4. The molecule has 164 valence electrons. The fourth-order valence-corrected chi connectivity index (χ4v) is 3.65. The second kappa shape index (κ2) is 8.60. The molecule has 0 saturated heterocycles. The third kappa shape index (κ3) is 4.25. The van der Waals surface area contributed by atoms with Gasteiger partial charge in [0, 0.05) is 11.4 Å². The van der Waals surface area contributed by atoms with Crippen LogP contribution in [-0.2, 0) is 0 Å². The van der Waals surface area contributed by atoms with E-state index in [1.54, 1.807) is 0 Å². The van der Waals surface area contributed by atoms with Crippen molar-refractivity contribution in [2.75, 3.05) is 10.6 Å². The molecule has 6 nitrogen and oxygen atoms in total. The van der Waals surface area contributed by atoms with Crippen LogP contribution in [0.1, 0.15) is 11.1 Å². The van der Waals surface area contributed by atoms with Gasteiger partial charge in [0.2, 0.25) is 0 Å². The summed E-state index contributed by atoms with van der Waals surface area (Å²) in [7, 11) is 0. The van der Waals surface area contributed by atoms with E-state index in [0.29, 0.717) is 12.0 Å². The SMILES string of the molecule is C(=C\c1ccc(Nc2nc3ccccc3o2)cc1)/c1ccc(Nc2nc3ccccc3o2)cc1. The molecule has 34 heavy (non-hydrogen) atoms. The molecule has 4 aromatic carbocycles. The molecule has 6 rings (SSSR count). The summed E-state index contributed by atoms with van der Waals surface area (Å²) in [6, 6.07) is 32.6. The second-order valence-electron chi connectivity index (χ2n) is 7.80. The first-order chi connectivity index (χ1) is 16.8. The van der Waals surface area contributed by atoms with Gasteiger partial charge in [-0.3, -0.25) is 0 Å². The third-order valence-electron chi connectivity index (χ3n) is 5.38. The van der Waals surface area contributed by atoms with Crippen molar-refractivity contribution in [3.8, 4) is 0 Å². The highest BCUT2D eigenvalue weighted by molar-refractivity contribution is 5.77. The highest BCUT2D eigenvalue weighted by Crippen LogP contribution is 2.24. The van der Waals surface area contributed by atoms with E-state index in [9.17, 15) is 0 Å². The molecule has 0 radical (unpaired) electrons. The van der Waals surface area contributed by atoms with Gasteiger partial charge in [0.15, 0.2) is 11.2 Å². The predicted octanol–water partition coefficient (Wildman–Crippen LogP) is 7.63. The molecule has 0 amide bonds. The smallest absolute Gasteiger partial charge is 0.300 e. The molecule has 0 unspecified atom stereocenters. The maximum Gasteiger partial charge on any atom is 0.300 e. The van der Waals surface area contributed by atoms with E-state index < -0.39 is 0 Å². The Labute approximate surface area is 195 Å². The molecule has 2 aromatic heterocycles. The maximum atomic E-state index is 5.72. The Balaban J connectivity index is 1.09. The van der Waals surface area contributed by atoms with E-state index in [1.807, 2.05) is 97.1 Å². The molecule has 0 spiro atoms. The molecule has 2 heterocycles. The average Bonchev–Trinajstić information content (AvgIpc) is 3.47. The van der Waals surface area contributed by atoms with E-state index >= 15 is 0 Å². The lowest BCUT2D eigenvalue weighted by Gasteiger charge is -2.03. The number of oxazole rings is 2. The van der Waals surface area contributed by atoms with Crippen molar-refractivity contribution in [1.29, 1.82) is 0 Å². The minimum absolute atomic E-state index is 0.482. The summed E-state index contributed by atoms with van der Waals surface area (Å²) in [5.74, 6) is 0. The summed E-state index contributed by atoms with van der Waals surface area (Å²) < 4.78 is 11.4. The Morgan fingerprint density at radius 3 is 1.32 bits per heavy atom. The Morgan fingerprint density at radius 1 is 0.500 bits per heavy atom. The van der Waals surface area contributed by atoms with Crippen LogP contribution in [0.25, 0.3) is 34.4 Å². The quantitative estimate of drug-likeness (QED) is 0.257. The van der Waals surface area contributed by atoms with Gasteiger partial charge in [0.05, 0.1) is 0 Å². The van der Waals surface area contributed by atoms with Gasteiger partial charge >= 0.3 is 0 Å². The molecule has 0 aliphatic rings. The van der Waals surface area contributed by atoms with Gasteiger partial charge in [0.25, 0.3) is 12.0 Å². The third-order valence-corrected chi connectivity index (χ3v) is 5.38. The van der Waals surface area contributed by atoms with Gasteiger partial charge < -0.3 is 19.5 Å². The molecule has 6 heteroatoms. The normalized spacial score (nSPS) is 11.4. The molecule has 0 aliphatic carbocycles. The number of fused-ring (bicyclic) bond motifs is 2. The number of nitrogens with one attached hydrogen (secondary N) is 2. The molecule has 6 aromatic rings. The summed E-state index contributed by atoms with van der Waals surface area (Å²) in [5, 5.41) is 6.41. The summed E-state index contributed by atoms with van der Waals surface area (Å²) in [6.07, 6.45) is 4.15. The zero-order chi connectivity index (χ0) is 22.7. The van der Waals surface area contributed by atoms with Crippen molar-refractivity contribution in [2.45, 2.75) is 0 Å². The lowest BCUT2D eigenvalue weighted by Crippen LogP contribution is -1.90. The van der Waals surface area contributed by atoms with E-state index in [-0.39, 0.29) is 0 Å². The van der Waals surface area contributed by atoms with Gasteiger partial charge in [-0.2, -0.15) is 9.97 Å². The number of para-hydroxylation sites is 4. The van der Waals surface area contributed by atoms with Crippen LogP contribution in [0.5, 0.6) is 0 Å². The van der Waals surface area contributed by atoms with E-state index in [0.717, 1.165) is 44.7 Å². The Morgan fingerprint density at radius 2 is 0.912 bits per heavy atom. The first kappa shape index (κ1) is 19.8. The Kier molecular flexibility index (Phi) is 5.01. The highest BCUT2D eigenvalue weighted by Gasteiger charge is 2.06. The first-order valence-electron chi connectivity index (χ1n) is 10.9. The van der Waals surface area contributed by atoms with Crippen molar-refractivity contribution in [3.63, 3.8) is 0 Å². The molecular weight excluding hydrogens is 424 g/mol. The molecule has 0 bridgehead atoms. The van der Waals surface area contributed by atoms with Gasteiger partial charge in [-0.1, -0.05) is 60.7 Å². The maximum absolute atomic E-state index is 5.72. The van der Waals surface area contributed by atoms with Crippen molar-refractivity contribution >= 4 is 57.8 Å². The van der Waals surface area contributed by atoms with Gasteiger partial charge in [0.1, 0.15) is 11.0 Å². The van der Waals surface area contributed by atoms with Crippen LogP contribution < -0.4 is 10.6 Å². The second-order valence-corrected chi connectivity index (χ2v) is 7.80. The van der Waals surface area contributed by atoms with Gasteiger partial charge in [-0.15, -0.1) is 0 Å². The van der Waals surface area contributed by atoms with Crippen LogP contribution in [-0.4, -0.2) is 9.97 Å². The monoisotopic (exact) mass is 444 g/mol. The summed E-state index contributed by atoms with van der Waals surface area (Å²) in [5.41, 5.74) is 7.21. The van der Waals surface area contributed by atoms with Crippen LogP contribution in [0.15, 0.2) is 106 Å². The van der Waals surface area contributed by atoms with Crippen molar-refractivity contribution < 1.29 is 8.83 Å². The fourth-order valence-electron chi connectivity index (χ4n) is 3.65. The molecule has 0 aliphatic heterocycles. The van der Waals surface area contributed by atoms with Crippen LogP contribution >= 0.6 is 0 Å². The number of benzene rings is 4. The summed E-state index contributed by atoms with van der Waals surface area (Å²) in [6.45, 7) is 0. The number of rotatable bonds is 6. The lowest BCUT2D eigenvalue weighted by molar-refractivity contribution is 0.622. The molecule has 0 atom stereocenters. The largest absolute Gasteiger partial charge is 0.423 e. The number of anilines is 4. The van der Waals surface area contributed by atoms with E-state index in [2.05, 4.69) is 32.8 Å². The number of hydrogen-bond acceptors (Lipinski definition) is 6. The Hall–Kier alpha value is -4.84. The van der Waals surface area contributed by atoms with Gasteiger partial charge in [-0.25, -0.2) is 0 Å². The van der Waals surface area contributed by atoms with Crippen molar-refractivity contribution in [3.05, 3.63) is 108 Å². The molecule has 0 fully saturated rings. The number of nitrogens with zero attached hydrogens (tertiary/aromatic N) is 2. The lowest BCUT2D eigenvalue weighted by atomic mass is 10.1.